The molecule has 1 rings (SSSR count). The van der Waals surface area contributed by atoms with Crippen molar-refractivity contribution < 1.29 is 9.47 Å². The van der Waals surface area contributed by atoms with E-state index < -0.39 is 0 Å². The van der Waals surface area contributed by atoms with Gasteiger partial charge < -0.3 is 25.8 Å². The number of guanidine groups is 1. The molecule has 0 aromatic heterocycles. The predicted octanol–water partition coefficient (Wildman–Crippen LogP) is 11.7. The topological polar surface area (TPSA) is 86.1 Å². The Morgan fingerprint density at radius 3 is 1.58 bits per heavy atom. The van der Waals surface area contributed by atoms with Crippen LogP contribution in [-0.4, -0.2) is 56.0 Å². The van der Waals surface area contributed by atoms with Gasteiger partial charge in [-0.2, -0.15) is 0 Å². The lowest BCUT2D eigenvalue weighted by Crippen LogP contribution is -2.32. The number of hydrogen-bond acceptors (Lipinski definition) is 4. The van der Waals surface area contributed by atoms with Gasteiger partial charge in [0.15, 0.2) is 11.7 Å². The average molecular weight is 699 g/mol. The molecule has 1 fully saturated rings. The molecule has 0 aliphatic carbocycles. The number of ether oxygens (including phenoxy) is 2. The fourth-order valence-corrected chi connectivity index (χ4v) is 6.55. The second-order valence-corrected chi connectivity index (χ2v) is 14.7. The molecule has 1 aliphatic heterocycles. The van der Waals surface area contributed by atoms with Gasteiger partial charge in [-0.3, -0.25) is 4.99 Å². The molecule has 6 heteroatoms. The van der Waals surface area contributed by atoms with Crippen molar-refractivity contribution in [1.82, 2.24) is 4.90 Å². The van der Waals surface area contributed by atoms with Crippen LogP contribution in [-0.2, 0) is 9.47 Å². The Labute approximate surface area is 310 Å². The van der Waals surface area contributed by atoms with Crippen molar-refractivity contribution in [2.75, 3.05) is 33.3 Å². The summed E-state index contributed by atoms with van der Waals surface area (Å²) in [6.07, 6.45) is 51.1. The molecule has 0 bridgehead atoms. The summed E-state index contributed by atoms with van der Waals surface area (Å²) in [6, 6.07) is 0. The van der Waals surface area contributed by atoms with E-state index in [0.29, 0.717) is 13.2 Å². The first-order chi connectivity index (χ1) is 24.5. The standard InChI is InChI=1S/C44H82N4O2/c1-4-6-8-10-12-14-16-18-20-22-24-26-28-30-32-34-37-44(49-41-42(50-44)35-39-48(3)40-38-47-43(45)46)36-33-31-29-27-25-23-21-19-17-15-13-11-9-7-5-2/h11-14,17-20,42H,4-10,15-16,21-41H2,1-3H3,(H4,45,46,47)/b13-11-,14-12-,19-17-,20-18-. The van der Waals surface area contributed by atoms with Gasteiger partial charge in [0.2, 0.25) is 0 Å². The molecule has 0 radical (unpaired) electrons. The third-order valence-electron chi connectivity index (χ3n) is 9.79. The zero-order valence-corrected chi connectivity index (χ0v) is 33.3. The maximum atomic E-state index is 6.74. The van der Waals surface area contributed by atoms with Crippen LogP contribution < -0.4 is 11.5 Å². The molecular weight excluding hydrogens is 617 g/mol. The fraction of sp³-hybridized carbons (Fsp3) is 0.795. The first-order valence-corrected chi connectivity index (χ1v) is 21.2. The highest BCUT2D eigenvalue weighted by Crippen LogP contribution is 2.35. The second kappa shape index (κ2) is 34.2. The molecule has 0 spiro atoms. The highest BCUT2D eigenvalue weighted by molar-refractivity contribution is 5.75. The van der Waals surface area contributed by atoms with E-state index in [4.69, 9.17) is 20.9 Å². The predicted molar refractivity (Wildman–Crippen MR) is 220 cm³/mol. The van der Waals surface area contributed by atoms with E-state index in [1.807, 2.05) is 0 Å². The van der Waals surface area contributed by atoms with E-state index in [9.17, 15) is 0 Å². The van der Waals surface area contributed by atoms with Crippen molar-refractivity contribution in [1.29, 1.82) is 0 Å². The molecule has 290 valence electrons. The van der Waals surface area contributed by atoms with Crippen LogP contribution in [0.3, 0.4) is 0 Å². The normalized spacial score (nSPS) is 18.3. The van der Waals surface area contributed by atoms with Crippen molar-refractivity contribution in [3.63, 3.8) is 0 Å². The van der Waals surface area contributed by atoms with Crippen LogP contribution in [0.25, 0.3) is 0 Å². The van der Waals surface area contributed by atoms with Gasteiger partial charge in [-0.25, -0.2) is 0 Å². The lowest BCUT2D eigenvalue weighted by molar-refractivity contribution is -0.180. The molecule has 2 atom stereocenters. The number of aliphatic imine (C=N–C) groups is 1. The van der Waals surface area contributed by atoms with Gasteiger partial charge in [0.25, 0.3) is 0 Å². The quantitative estimate of drug-likeness (QED) is 0.0298. The smallest absolute Gasteiger partial charge is 0.185 e. The number of likely N-dealkylation sites (N-methyl/N-ethyl adjacent to an activating group) is 1. The highest BCUT2D eigenvalue weighted by atomic mass is 16.7. The fourth-order valence-electron chi connectivity index (χ4n) is 6.55. The Morgan fingerprint density at radius 1 is 0.620 bits per heavy atom. The van der Waals surface area contributed by atoms with Gasteiger partial charge in [-0.05, 0) is 84.1 Å². The zero-order valence-electron chi connectivity index (χ0n) is 33.3. The molecule has 1 aliphatic rings. The molecule has 2 unspecified atom stereocenters. The lowest BCUT2D eigenvalue weighted by atomic mass is 9.98. The Hall–Kier alpha value is -1.89. The summed E-state index contributed by atoms with van der Waals surface area (Å²) in [4.78, 5) is 6.39. The molecule has 0 amide bonds. The number of hydrogen-bond donors (Lipinski definition) is 2. The van der Waals surface area contributed by atoms with Crippen LogP contribution in [0.5, 0.6) is 0 Å². The molecule has 0 aromatic rings. The van der Waals surface area contributed by atoms with Crippen molar-refractivity contribution in [2.24, 2.45) is 16.5 Å². The SMILES string of the molecule is CCCC/C=C\C/C=C\CCCCCCCCC1(CCCCCCCC/C=C\C/C=C\CCCCC)OCC(CCN(C)CCN=C(N)N)O1. The van der Waals surface area contributed by atoms with Gasteiger partial charge in [0.05, 0.1) is 19.3 Å². The van der Waals surface area contributed by atoms with Gasteiger partial charge in [0.1, 0.15) is 0 Å². The number of nitrogens with zero attached hydrogens (tertiary/aromatic N) is 2. The minimum absolute atomic E-state index is 0.161. The number of allylic oxidation sites excluding steroid dienone is 8. The van der Waals surface area contributed by atoms with Crippen molar-refractivity contribution in [3.05, 3.63) is 48.6 Å². The molecule has 4 N–H and O–H groups in total. The monoisotopic (exact) mass is 699 g/mol. The van der Waals surface area contributed by atoms with Crippen LogP contribution in [0.2, 0.25) is 0 Å². The van der Waals surface area contributed by atoms with E-state index in [0.717, 1.165) is 45.2 Å². The molecule has 1 heterocycles. The van der Waals surface area contributed by atoms with Crippen LogP contribution in [0.4, 0.5) is 0 Å². The Kier molecular flexibility index (Phi) is 31.6. The largest absolute Gasteiger partial charge is 0.370 e. The highest BCUT2D eigenvalue weighted by Gasteiger charge is 2.40. The van der Waals surface area contributed by atoms with Crippen LogP contribution in [0, 0.1) is 0 Å². The van der Waals surface area contributed by atoms with Gasteiger partial charge in [0, 0.05) is 25.9 Å². The van der Waals surface area contributed by atoms with Crippen molar-refractivity contribution in [3.8, 4) is 0 Å². The molecule has 6 nitrogen and oxygen atoms in total. The molecule has 0 saturated carbocycles. The summed E-state index contributed by atoms with van der Waals surface area (Å²) < 4.78 is 13.3. The minimum Gasteiger partial charge on any atom is -0.370 e. The lowest BCUT2D eigenvalue weighted by Gasteiger charge is -2.29. The molecule has 1 saturated heterocycles. The first-order valence-electron chi connectivity index (χ1n) is 21.2. The molecular formula is C44H82N4O2. The number of rotatable bonds is 35. The summed E-state index contributed by atoms with van der Waals surface area (Å²) in [6.45, 7) is 7.66. The van der Waals surface area contributed by atoms with E-state index in [2.05, 4.69) is 79.4 Å². The minimum atomic E-state index is -0.382. The maximum Gasteiger partial charge on any atom is 0.185 e. The number of unbranched alkanes of at least 4 members (excludes halogenated alkanes) is 17. The molecule has 0 aromatic carbocycles. The number of nitrogens with two attached hydrogens (primary N) is 2. The second-order valence-electron chi connectivity index (χ2n) is 14.7. The Bertz CT molecular complexity index is 894. The van der Waals surface area contributed by atoms with Gasteiger partial charge in [-0.15, -0.1) is 0 Å². The van der Waals surface area contributed by atoms with Crippen molar-refractivity contribution in [2.45, 2.75) is 193 Å². The Balaban J connectivity index is 2.31. The maximum absolute atomic E-state index is 6.74. The van der Waals surface area contributed by atoms with E-state index in [1.54, 1.807) is 0 Å². The summed E-state index contributed by atoms with van der Waals surface area (Å²) >= 11 is 0. The summed E-state index contributed by atoms with van der Waals surface area (Å²) in [5.74, 6) is -0.222. The van der Waals surface area contributed by atoms with Crippen molar-refractivity contribution >= 4 is 5.96 Å². The van der Waals surface area contributed by atoms with Crippen LogP contribution >= 0.6 is 0 Å². The van der Waals surface area contributed by atoms with E-state index in [1.165, 1.54) is 135 Å². The van der Waals surface area contributed by atoms with Gasteiger partial charge >= 0.3 is 0 Å². The first kappa shape index (κ1) is 46.1. The van der Waals surface area contributed by atoms with Crippen LogP contribution in [0.15, 0.2) is 53.6 Å². The van der Waals surface area contributed by atoms with Crippen LogP contribution in [0.1, 0.15) is 181 Å². The zero-order chi connectivity index (χ0) is 36.2. The Morgan fingerprint density at radius 2 is 1.08 bits per heavy atom. The van der Waals surface area contributed by atoms with E-state index in [-0.39, 0.29) is 17.9 Å². The third kappa shape index (κ3) is 28.8. The van der Waals surface area contributed by atoms with Gasteiger partial charge in [-0.1, -0.05) is 140 Å². The summed E-state index contributed by atoms with van der Waals surface area (Å²) in [5.41, 5.74) is 11.0. The average Bonchev–Trinajstić information content (AvgIpc) is 3.51. The van der Waals surface area contributed by atoms with E-state index >= 15 is 0 Å². The summed E-state index contributed by atoms with van der Waals surface area (Å²) in [7, 11) is 2.12. The molecule has 50 heavy (non-hydrogen) atoms. The summed E-state index contributed by atoms with van der Waals surface area (Å²) in [5, 5.41) is 0. The third-order valence-corrected chi connectivity index (χ3v) is 9.79.